The van der Waals surface area contributed by atoms with Crippen LogP contribution in [0.15, 0.2) is 114 Å². The van der Waals surface area contributed by atoms with Crippen molar-refractivity contribution in [1.29, 1.82) is 0 Å². The Hall–Kier alpha value is -4.31. The lowest BCUT2D eigenvalue weighted by Gasteiger charge is -2.19. The van der Waals surface area contributed by atoms with Gasteiger partial charge in [0.1, 0.15) is 10.7 Å². The van der Waals surface area contributed by atoms with Gasteiger partial charge in [0.25, 0.3) is 5.91 Å². The van der Waals surface area contributed by atoms with E-state index in [4.69, 9.17) is 11.6 Å². The lowest BCUT2D eigenvalue weighted by atomic mass is 9.99. The van der Waals surface area contributed by atoms with Gasteiger partial charge in [0.15, 0.2) is 11.0 Å². The third kappa shape index (κ3) is 6.85. The first-order chi connectivity index (χ1) is 21.0. The van der Waals surface area contributed by atoms with Crippen LogP contribution in [0, 0.1) is 6.92 Å². The van der Waals surface area contributed by atoms with Crippen molar-refractivity contribution in [3.05, 3.63) is 141 Å². The Morgan fingerprint density at radius 3 is 2.49 bits per heavy atom. The van der Waals surface area contributed by atoms with E-state index in [0.717, 1.165) is 32.9 Å². The number of pyridine rings is 1. The van der Waals surface area contributed by atoms with Gasteiger partial charge in [-0.2, -0.15) is 0 Å². The van der Waals surface area contributed by atoms with Gasteiger partial charge in [-0.3, -0.25) is 14.3 Å². The first kappa shape index (κ1) is 28.8. The fraction of sp³-hybridized carbons (Fsp3) is 0.121. The molecule has 3 aromatic carbocycles. The third-order valence-electron chi connectivity index (χ3n) is 6.88. The minimum Gasteiger partial charge on any atom is -0.344 e. The minimum atomic E-state index is -0.199. The monoisotopic (exact) mass is 622 g/mol. The largest absolute Gasteiger partial charge is 0.344 e. The molecule has 6 rings (SSSR count). The fourth-order valence-electron chi connectivity index (χ4n) is 4.72. The van der Waals surface area contributed by atoms with Crippen LogP contribution in [-0.4, -0.2) is 30.6 Å². The number of hydrogen-bond donors (Lipinski definition) is 1. The van der Waals surface area contributed by atoms with Crippen LogP contribution in [0.1, 0.15) is 38.2 Å². The molecular formula is C33H27ClN6OS2. The van der Waals surface area contributed by atoms with Gasteiger partial charge in [0, 0.05) is 28.4 Å². The molecule has 0 spiro atoms. The molecule has 1 amide bonds. The second kappa shape index (κ2) is 13.3. The molecule has 0 fully saturated rings. The summed E-state index contributed by atoms with van der Waals surface area (Å²) in [6.45, 7) is 2.03. The van der Waals surface area contributed by atoms with Gasteiger partial charge in [-0.25, -0.2) is 4.98 Å². The number of benzene rings is 3. The summed E-state index contributed by atoms with van der Waals surface area (Å²) >= 11 is 9.36. The number of carbonyl (C=O) groups is 1. The number of aryl methyl sites for hydroxylation is 1. The van der Waals surface area contributed by atoms with E-state index in [9.17, 15) is 4.79 Å². The molecule has 6 aromatic rings. The predicted octanol–water partition coefficient (Wildman–Crippen LogP) is 7.75. The van der Waals surface area contributed by atoms with Crippen molar-refractivity contribution in [2.24, 2.45) is 0 Å². The van der Waals surface area contributed by atoms with Crippen molar-refractivity contribution < 1.29 is 4.79 Å². The molecule has 3 heterocycles. The van der Waals surface area contributed by atoms with E-state index >= 15 is 0 Å². The number of aromatic nitrogens is 5. The number of nitrogens with zero attached hydrogens (tertiary/aromatic N) is 5. The van der Waals surface area contributed by atoms with Gasteiger partial charge < -0.3 is 5.32 Å². The topological polar surface area (TPSA) is 85.6 Å². The summed E-state index contributed by atoms with van der Waals surface area (Å²) < 4.78 is 2.01. The van der Waals surface area contributed by atoms with Crippen LogP contribution < -0.4 is 5.32 Å². The van der Waals surface area contributed by atoms with Crippen LogP contribution in [-0.2, 0) is 12.2 Å². The van der Waals surface area contributed by atoms with Gasteiger partial charge in [0.2, 0.25) is 0 Å². The Kier molecular flexibility index (Phi) is 8.93. The maximum absolute atomic E-state index is 13.4. The summed E-state index contributed by atoms with van der Waals surface area (Å²) in [5.41, 5.74) is 5.43. The van der Waals surface area contributed by atoms with Crippen LogP contribution >= 0.6 is 34.7 Å². The second-order valence-electron chi connectivity index (χ2n) is 9.85. The minimum absolute atomic E-state index is 0.179. The maximum Gasteiger partial charge on any atom is 0.271 e. The van der Waals surface area contributed by atoms with Crippen LogP contribution in [0.5, 0.6) is 0 Å². The zero-order valence-electron chi connectivity index (χ0n) is 23.2. The number of nitrogens with one attached hydrogen (secondary N) is 1. The van der Waals surface area contributed by atoms with E-state index in [1.807, 2.05) is 95.7 Å². The van der Waals surface area contributed by atoms with E-state index in [1.165, 1.54) is 23.1 Å². The van der Waals surface area contributed by atoms with Crippen LogP contribution in [0.2, 0.25) is 5.02 Å². The van der Waals surface area contributed by atoms with Crippen molar-refractivity contribution in [3.63, 3.8) is 0 Å². The van der Waals surface area contributed by atoms with E-state index in [1.54, 1.807) is 12.4 Å². The van der Waals surface area contributed by atoms with Crippen LogP contribution in [0.25, 0.3) is 17.1 Å². The van der Waals surface area contributed by atoms with Gasteiger partial charge in [-0.15, -0.1) is 21.5 Å². The van der Waals surface area contributed by atoms with Crippen molar-refractivity contribution in [2.75, 3.05) is 0 Å². The molecule has 7 nitrogen and oxygen atoms in total. The number of carbonyl (C=O) groups excluding carboxylic acids is 1. The summed E-state index contributed by atoms with van der Waals surface area (Å²) in [5, 5.41) is 16.2. The predicted molar refractivity (Wildman–Crippen MR) is 173 cm³/mol. The van der Waals surface area contributed by atoms with E-state index in [2.05, 4.69) is 37.6 Å². The summed E-state index contributed by atoms with van der Waals surface area (Å²) in [6, 6.07) is 29.6. The van der Waals surface area contributed by atoms with Gasteiger partial charge in [-0.1, -0.05) is 90.1 Å². The molecule has 0 saturated heterocycles. The zero-order valence-corrected chi connectivity index (χ0v) is 25.6. The maximum atomic E-state index is 13.4. The molecular weight excluding hydrogens is 596 g/mol. The molecule has 0 saturated carbocycles. The molecule has 0 aliphatic heterocycles. The fourth-order valence-corrected chi connectivity index (χ4v) is 6.62. The van der Waals surface area contributed by atoms with E-state index in [-0.39, 0.29) is 11.9 Å². The van der Waals surface area contributed by atoms with E-state index < -0.39 is 0 Å². The highest BCUT2D eigenvalue weighted by Crippen LogP contribution is 2.32. The second-order valence-corrected chi connectivity index (χ2v) is 12.2. The first-order valence-electron chi connectivity index (χ1n) is 13.6. The lowest BCUT2D eigenvalue weighted by Crippen LogP contribution is -2.30. The molecule has 3 aromatic heterocycles. The SMILES string of the molecule is Cc1ccc(Cl)cc1-n1c(SCc2nc(C(=O)NC(Cc3ccccc3)c3ccccc3)cs2)nnc1-c1ccncc1. The number of thiazole rings is 1. The molecule has 1 N–H and O–H groups in total. The summed E-state index contributed by atoms with van der Waals surface area (Å²) in [5.74, 6) is 1.02. The van der Waals surface area contributed by atoms with Crippen molar-refractivity contribution in [3.8, 4) is 17.1 Å². The van der Waals surface area contributed by atoms with Gasteiger partial charge >= 0.3 is 0 Å². The molecule has 0 radical (unpaired) electrons. The highest BCUT2D eigenvalue weighted by molar-refractivity contribution is 7.98. The highest BCUT2D eigenvalue weighted by atomic mass is 35.5. The molecule has 0 aliphatic rings. The quantitative estimate of drug-likeness (QED) is 0.157. The number of rotatable bonds is 10. The molecule has 10 heteroatoms. The molecule has 1 unspecified atom stereocenters. The molecule has 0 bridgehead atoms. The first-order valence-corrected chi connectivity index (χ1v) is 15.9. The zero-order chi connectivity index (χ0) is 29.6. The van der Waals surface area contributed by atoms with Crippen LogP contribution in [0.4, 0.5) is 0 Å². The normalized spacial score (nSPS) is 11.8. The standard InChI is InChI=1S/C33H27ClN6OS2/c1-22-12-13-26(34)19-29(22)40-31(25-14-16-35-17-15-25)38-39-33(40)43-21-30-36-28(20-42-30)32(41)37-27(24-10-6-3-7-11-24)18-23-8-4-2-5-9-23/h2-17,19-20,27H,18,21H2,1H3,(H,37,41). The molecule has 214 valence electrons. The van der Waals surface area contributed by atoms with Crippen molar-refractivity contribution >= 4 is 40.6 Å². The Balaban J connectivity index is 1.21. The lowest BCUT2D eigenvalue weighted by molar-refractivity contribution is 0.0932. The number of thioether (sulfide) groups is 1. The summed E-state index contributed by atoms with van der Waals surface area (Å²) in [7, 11) is 0. The average Bonchev–Trinajstić information content (AvgIpc) is 3.70. The molecule has 43 heavy (non-hydrogen) atoms. The van der Waals surface area contributed by atoms with Gasteiger partial charge in [-0.05, 0) is 54.3 Å². The summed E-state index contributed by atoms with van der Waals surface area (Å²) in [4.78, 5) is 22.2. The smallest absolute Gasteiger partial charge is 0.271 e. The Bertz CT molecular complexity index is 1830. The molecule has 1 atom stereocenters. The Morgan fingerprint density at radius 2 is 1.72 bits per heavy atom. The van der Waals surface area contributed by atoms with Gasteiger partial charge in [0.05, 0.1) is 17.5 Å². The Morgan fingerprint density at radius 1 is 0.977 bits per heavy atom. The van der Waals surface area contributed by atoms with E-state index in [0.29, 0.717) is 33.9 Å². The highest BCUT2D eigenvalue weighted by Gasteiger charge is 2.21. The number of halogens is 1. The third-order valence-corrected chi connectivity index (χ3v) is 9.09. The number of hydrogen-bond acceptors (Lipinski definition) is 7. The van der Waals surface area contributed by atoms with Crippen molar-refractivity contribution in [2.45, 2.75) is 30.3 Å². The molecule has 0 aliphatic carbocycles. The number of amides is 1. The Labute approximate surface area is 263 Å². The summed E-state index contributed by atoms with van der Waals surface area (Å²) in [6.07, 6.45) is 4.15. The van der Waals surface area contributed by atoms with Crippen LogP contribution in [0.3, 0.4) is 0 Å². The average molecular weight is 623 g/mol. The van der Waals surface area contributed by atoms with Crippen molar-refractivity contribution in [1.82, 2.24) is 30.0 Å².